The van der Waals surface area contributed by atoms with Crippen LogP contribution in [0.15, 0.2) is 55.0 Å². The SMILES string of the molecule is Cn1cc(-c2cc(Nc3ncc4cc(C#C[Si](C)(C)C)ccc4n3)cc(OCCNC(=O)OC(C)(C)C)c2)cn1. The molecular formula is C30H36N6O3Si. The number of benzene rings is 2. The molecule has 0 fully saturated rings. The number of rotatable bonds is 7. The van der Waals surface area contributed by atoms with Crippen LogP contribution in [-0.2, 0) is 11.8 Å². The van der Waals surface area contributed by atoms with Gasteiger partial charge >= 0.3 is 6.09 Å². The number of aromatic nitrogens is 4. The molecule has 40 heavy (non-hydrogen) atoms. The van der Waals surface area contributed by atoms with Crippen LogP contribution in [0.3, 0.4) is 0 Å². The molecule has 0 bridgehead atoms. The molecule has 2 aromatic heterocycles. The zero-order valence-electron chi connectivity index (χ0n) is 24.1. The number of alkyl carbamates (subject to hydrolysis) is 1. The highest BCUT2D eigenvalue weighted by Crippen LogP contribution is 2.30. The lowest BCUT2D eigenvalue weighted by Crippen LogP contribution is -2.34. The Morgan fingerprint density at radius 1 is 1.07 bits per heavy atom. The summed E-state index contributed by atoms with van der Waals surface area (Å²) in [5, 5.41) is 11.2. The fraction of sp³-hybridized carbons (Fsp3) is 0.333. The Balaban J connectivity index is 1.51. The maximum absolute atomic E-state index is 11.9. The van der Waals surface area contributed by atoms with Gasteiger partial charge in [-0.1, -0.05) is 25.6 Å². The van der Waals surface area contributed by atoms with Crippen LogP contribution in [0.5, 0.6) is 5.75 Å². The van der Waals surface area contributed by atoms with E-state index in [0.29, 0.717) is 18.2 Å². The molecule has 2 heterocycles. The van der Waals surface area contributed by atoms with Crippen molar-refractivity contribution < 1.29 is 14.3 Å². The molecule has 0 saturated carbocycles. The summed E-state index contributed by atoms with van der Waals surface area (Å²) in [7, 11) is 0.412. The van der Waals surface area contributed by atoms with Crippen molar-refractivity contribution in [3.05, 3.63) is 60.6 Å². The summed E-state index contributed by atoms with van der Waals surface area (Å²) in [5.41, 5.74) is 7.24. The Morgan fingerprint density at radius 3 is 2.58 bits per heavy atom. The van der Waals surface area contributed by atoms with Crippen molar-refractivity contribution >= 4 is 36.7 Å². The molecule has 208 valence electrons. The molecule has 0 aliphatic carbocycles. The number of nitrogens with one attached hydrogen (secondary N) is 2. The van der Waals surface area contributed by atoms with Gasteiger partial charge in [-0.3, -0.25) is 4.68 Å². The second-order valence-electron chi connectivity index (χ2n) is 11.5. The molecule has 4 rings (SSSR count). The highest BCUT2D eigenvalue weighted by atomic mass is 28.3. The first kappa shape index (κ1) is 28.6. The molecule has 2 N–H and O–H groups in total. The van der Waals surface area contributed by atoms with Crippen LogP contribution in [0.2, 0.25) is 19.6 Å². The van der Waals surface area contributed by atoms with Gasteiger partial charge in [-0.25, -0.2) is 14.8 Å². The zero-order valence-corrected chi connectivity index (χ0v) is 25.1. The Bertz CT molecular complexity index is 1570. The van der Waals surface area contributed by atoms with Crippen LogP contribution in [0.4, 0.5) is 16.4 Å². The van der Waals surface area contributed by atoms with Crippen molar-refractivity contribution in [1.82, 2.24) is 25.1 Å². The minimum absolute atomic E-state index is 0.268. The van der Waals surface area contributed by atoms with Gasteiger partial charge in [0.2, 0.25) is 5.95 Å². The second-order valence-corrected chi connectivity index (χ2v) is 16.3. The normalized spacial score (nSPS) is 11.5. The lowest BCUT2D eigenvalue weighted by Gasteiger charge is -2.19. The van der Waals surface area contributed by atoms with Crippen LogP contribution >= 0.6 is 0 Å². The van der Waals surface area contributed by atoms with E-state index in [4.69, 9.17) is 14.5 Å². The number of amides is 1. The summed E-state index contributed by atoms with van der Waals surface area (Å²) in [6, 6.07) is 11.8. The first-order valence-corrected chi connectivity index (χ1v) is 16.6. The molecule has 10 heteroatoms. The molecule has 0 saturated heterocycles. The fourth-order valence-electron chi connectivity index (χ4n) is 3.69. The van der Waals surface area contributed by atoms with Crippen molar-refractivity contribution in [3.63, 3.8) is 0 Å². The van der Waals surface area contributed by atoms with Gasteiger partial charge in [0.15, 0.2) is 0 Å². The number of fused-ring (bicyclic) bond motifs is 1. The summed E-state index contributed by atoms with van der Waals surface area (Å²) in [6.07, 6.45) is 5.05. The third-order valence-electron chi connectivity index (χ3n) is 5.40. The topological polar surface area (TPSA) is 103 Å². The van der Waals surface area contributed by atoms with E-state index < -0.39 is 19.8 Å². The molecule has 0 aliphatic heterocycles. The van der Waals surface area contributed by atoms with Crippen LogP contribution < -0.4 is 15.4 Å². The average molecular weight is 557 g/mol. The lowest BCUT2D eigenvalue weighted by atomic mass is 10.1. The molecule has 0 unspecified atom stereocenters. The fourth-order valence-corrected chi connectivity index (χ4v) is 4.21. The molecule has 2 aromatic carbocycles. The van der Waals surface area contributed by atoms with Gasteiger partial charge in [0, 0.05) is 47.7 Å². The first-order valence-electron chi connectivity index (χ1n) is 13.1. The molecule has 0 spiro atoms. The zero-order chi connectivity index (χ0) is 28.9. The molecule has 9 nitrogen and oxygen atoms in total. The number of carbonyl (C=O) groups is 1. The van der Waals surface area contributed by atoms with Gasteiger partial charge in [-0.2, -0.15) is 5.10 Å². The van der Waals surface area contributed by atoms with Gasteiger partial charge in [0.1, 0.15) is 26.0 Å². The van der Waals surface area contributed by atoms with Gasteiger partial charge in [0.25, 0.3) is 0 Å². The highest BCUT2D eigenvalue weighted by Gasteiger charge is 2.15. The Hall–Kier alpha value is -4.36. The summed E-state index contributed by atoms with van der Waals surface area (Å²) < 4.78 is 13.0. The summed E-state index contributed by atoms with van der Waals surface area (Å²) >= 11 is 0. The Labute approximate surface area is 236 Å². The van der Waals surface area contributed by atoms with E-state index in [1.807, 2.05) is 70.4 Å². The number of hydrogen-bond acceptors (Lipinski definition) is 7. The van der Waals surface area contributed by atoms with E-state index in [1.165, 1.54) is 0 Å². The van der Waals surface area contributed by atoms with Crippen molar-refractivity contribution in [3.8, 4) is 28.3 Å². The predicted molar refractivity (Wildman–Crippen MR) is 161 cm³/mol. The minimum atomic E-state index is -1.46. The number of carbonyl (C=O) groups excluding carboxylic acids is 1. The van der Waals surface area contributed by atoms with E-state index in [9.17, 15) is 4.79 Å². The quantitative estimate of drug-likeness (QED) is 0.166. The van der Waals surface area contributed by atoms with Gasteiger partial charge < -0.3 is 20.1 Å². The first-order chi connectivity index (χ1) is 18.8. The standard InChI is InChI=1S/C30H36N6O3Si/c1-30(2,3)39-29(37)31-11-12-38-26-16-22(24-19-33-36(4)20-24)15-25(17-26)34-28-32-18-23-14-21(8-9-27(23)35-28)10-13-40(5,6)7/h8-9,14-20H,11-12H2,1-7H3,(H,31,37)(H,32,34,35). The van der Waals surface area contributed by atoms with Crippen molar-refractivity contribution in [1.29, 1.82) is 0 Å². The third kappa shape index (κ3) is 8.58. The summed E-state index contributed by atoms with van der Waals surface area (Å²) in [6.45, 7) is 12.7. The minimum Gasteiger partial charge on any atom is -0.492 e. The van der Waals surface area contributed by atoms with E-state index in [1.54, 1.807) is 17.1 Å². The van der Waals surface area contributed by atoms with Crippen LogP contribution in [0, 0.1) is 11.5 Å². The van der Waals surface area contributed by atoms with E-state index in [-0.39, 0.29) is 6.61 Å². The van der Waals surface area contributed by atoms with Crippen LogP contribution in [0.25, 0.3) is 22.0 Å². The number of hydrogen-bond donors (Lipinski definition) is 2. The Morgan fingerprint density at radius 2 is 1.88 bits per heavy atom. The van der Waals surface area contributed by atoms with E-state index >= 15 is 0 Å². The third-order valence-corrected chi connectivity index (χ3v) is 6.28. The maximum atomic E-state index is 11.9. The lowest BCUT2D eigenvalue weighted by molar-refractivity contribution is 0.0520. The molecule has 1 amide bonds. The largest absolute Gasteiger partial charge is 0.492 e. The van der Waals surface area contributed by atoms with Gasteiger partial charge in [-0.05, 0) is 56.7 Å². The molecule has 4 aromatic rings. The summed E-state index contributed by atoms with van der Waals surface area (Å²) in [5.74, 6) is 4.38. The predicted octanol–water partition coefficient (Wildman–Crippen LogP) is 5.91. The van der Waals surface area contributed by atoms with Crippen molar-refractivity contribution in [2.24, 2.45) is 7.05 Å². The van der Waals surface area contributed by atoms with Crippen LogP contribution in [0.1, 0.15) is 26.3 Å². The molecule has 0 aliphatic rings. The molecule has 0 atom stereocenters. The monoisotopic (exact) mass is 556 g/mol. The van der Waals surface area contributed by atoms with Crippen LogP contribution in [-0.4, -0.2) is 52.7 Å². The smallest absolute Gasteiger partial charge is 0.407 e. The van der Waals surface area contributed by atoms with E-state index in [2.05, 4.69) is 51.8 Å². The number of nitrogens with zero attached hydrogens (tertiary/aromatic N) is 4. The number of ether oxygens (including phenoxy) is 2. The van der Waals surface area contributed by atoms with Gasteiger partial charge in [-0.15, -0.1) is 5.54 Å². The summed E-state index contributed by atoms with van der Waals surface area (Å²) in [4.78, 5) is 21.2. The van der Waals surface area contributed by atoms with E-state index in [0.717, 1.165) is 33.3 Å². The van der Waals surface area contributed by atoms with Gasteiger partial charge in [0.05, 0.1) is 18.3 Å². The highest BCUT2D eigenvalue weighted by molar-refractivity contribution is 6.83. The van der Waals surface area contributed by atoms with Crippen molar-refractivity contribution in [2.75, 3.05) is 18.5 Å². The molecular weight excluding hydrogens is 520 g/mol. The maximum Gasteiger partial charge on any atom is 0.407 e. The number of aryl methyl sites for hydroxylation is 1. The second kappa shape index (κ2) is 11.8. The molecule has 0 radical (unpaired) electrons. The number of anilines is 2. The average Bonchev–Trinajstić information content (AvgIpc) is 3.30. The Kier molecular flexibility index (Phi) is 8.45. The van der Waals surface area contributed by atoms with Crippen molar-refractivity contribution in [2.45, 2.75) is 46.0 Å².